The Balaban J connectivity index is 1.90. The first kappa shape index (κ1) is 17.8. The van der Waals surface area contributed by atoms with Crippen molar-refractivity contribution in [3.05, 3.63) is 57.7 Å². The van der Waals surface area contributed by atoms with Crippen molar-refractivity contribution in [2.24, 2.45) is 5.92 Å². The summed E-state index contributed by atoms with van der Waals surface area (Å²) in [6.07, 6.45) is 10.9. The third-order valence-corrected chi connectivity index (χ3v) is 6.33. The van der Waals surface area contributed by atoms with Gasteiger partial charge in [-0.25, -0.2) is 0 Å². The molecule has 2 fully saturated rings. The van der Waals surface area contributed by atoms with E-state index in [1.165, 1.54) is 54.3 Å². The van der Waals surface area contributed by atoms with E-state index in [0.717, 1.165) is 12.3 Å². The van der Waals surface area contributed by atoms with Gasteiger partial charge in [0.05, 0.1) is 6.04 Å². The summed E-state index contributed by atoms with van der Waals surface area (Å²) in [6.45, 7) is 8.65. The zero-order chi connectivity index (χ0) is 17.1. The van der Waals surface area contributed by atoms with E-state index in [0.29, 0.717) is 12.0 Å². The summed E-state index contributed by atoms with van der Waals surface area (Å²) in [4.78, 5) is 0. The molecule has 3 rings (SSSR count). The van der Waals surface area contributed by atoms with Gasteiger partial charge in [0.2, 0.25) is 0 Å². The first-order valence-electron chi connectivity index (χ1n) is 9.44. The van der Waals surface area contributed by atoms with Crippen molar-refractivity contribution in [3.8, 4) is 0 Å². The molecule has 0 spiro atoms. The van der Waals surface area contributed by atoms with Crippen LogP contribution in [0.3, 0.4) is 0 Å². The second-order valence-corrected chi connectivity index (χ2v) is 8.61. The maximum atomic E-state index is 4.01. The quantitative estimate of drug-likeness (QED) is 0.517. The van der Waals surface area contributed by atoms with Gasteiger partial charge in [-0.15, -0.1) is 6.58 Å². The summed E-state index contributed by atoms with van der Waals surface area (Å²) < 4.78 is 1.18. The SMILES string of the molecule is C=CCC(NC(C)=C1CCC1)c1cc(Br)ccc1C1CCC(C)C1. The number of halogens is 1. The second kappa shape index (κ2) is 7.91. The summed E-state index contributed by atoms with van der Waals surface area (Å²) in [5.41, 5.74) is 6.00. The Morgan fingerprint density at radius 3 is 2.75 bits per heavy atom. The number of hydrogen-bond donors (Lipinski definition) is 1. The highest BCUT2D eigenvalue weighted by molar-refractivity contribution is 9.10. The van der Waals surface area contributed by atoms with Gasteiger partial charge in [0.1, 0.15) is 0 Å². The Labute approximate surface area is 155 Å². The molecule has 2 aliphatic carbocycles. The van der Waals surface area contributed by atoms with Crippen LogP contribution < -0.4 is 5.32 Å². The largest absolute Gasteiger partial charge is 0.381 e. The average Bonchev–Trinajstić information content (AvgIpc) is 2.91. The molecule has 3 atom stereocenters. The van der Waals surface area contributed by atoms with Gasteiger partial charge in [-0.05, 0) is 80.5 Å². The molecule has 2 saturated carbocycles. The first-order chi connectivity index (χ1) is 11.6. The van der Waals surface area contributed by atoms with Gasteiger partial charge in [0.15, 0.2) is 0 Å². The Morgan fingerprint density at radius 1 is 1.38 bits per heavy atom. The highest BCUT2D eigenvalue weighted by Crippen LogP contribution is 2.42. The third-order valence-electron chi connectivity index (χ3n) is 5.84. The van der Waals surface area contributed by atoms with E-state index in [9.17, 15) is 0 Å². The van der Waals surface area contributed by atoms with Crippen LogP contribution in [0.1, 0.15) is 81.9 Å². The lowest BCUT2D eigenvalue weighted by Gasteiger charge is -2.28. The van der Waals surface area contributed by atoms with Crippen molar-refractivity contribution in [1.29, 1.82) is 0 Å². The smallest absolute Gasteiger partial charge is 0.0548 e. The molecule has 1 aromatic rings. The minimum Gasteiger partial charge on any atom is -0.381 e. The van der Waals surface area contributed by atoms with Crippen LogP contribution in [-0.4, -0.2) is 0 Å². The van der Waals surface area contributed by atoms with Crippen LogP contribution in [0.5, 0.6) is 0 Å². The van der Waals surface area contributed by atoms with E-state index < -0.39 is 0 Å². The molecule has 0 aliphatic heterocycles. The van der Waals surface area contributed by atoms with E-state index in [-0.39, 0.29) is 0 Å². The number of benzene rings is 1. The molecule has 24 heavy (non-hydrogen) atoms. The van der Waals surface area contributed by atoms with Crippen LogP contribution in [0.25, 0.3) is 0 Å². The normalized spacial score (nSPS) is 24.4. The van der Waals surface area contributed by atoms with Gasteiger partial charge in [-0.1, -0.05) is 47.0 Å². The lowest BCUT2D eigenvalue weighted by molar-refractivity contribution is 0.553. The molecule has 0 aromatic heterocycles. The van der Waals surface area contributed by atoms with Crippen LogP contribution in [-0.2, 0) is 0 Å². The molecule has 1 aromatic carbocycles. The lowest BCUT2D eigenvalue weighted by atomic mass is 9.87. The molecular formula is C22H30BrN. The molecular weight excluding hydrogens is 358 g/mol. The molecule has 130 valence electrons. The summed E-state index contributed by atoms with van der Waals surface area (Å²) in [5, 5.41) is 3.83. The summed E-state index contributed by atoms with van der Waals surface area (Å²) in [6, 6.07) is 7.23. The summed E-state index contributed by atoms with van der Waals surface area (Å²) in [7, 11) is 0. The number of nitrogens with one attached hydrogen (secondary N) is 1. The standard InChI is InChI=1S/C22H30BrN/c1-4-6-22(24-16(3)17-7-5-8-17)21-14-19(23)11-12-20(21)18-10-9-15(2)13-18/h4,11-12,14-15,18,22,24H,1,5-10,13H2,2-3H3. The fourth-order valence-corrected chi connectivity index (χ4v) is 4.61. The van der Waals surface area contributed by atoms with Crippen molar-refractivity contribution in [1.82, 2.24) is 5.32 Å². The zero-order valence-corrected chi connectivity index (χ0v) is 16.7. The van der Waals surface area contributed by atoms with Crippen molar-refractivity contribution < 1.29 is 0 Å². The summed E-state index contributed by atoms with van der Waals surface area (Å²) >= 11 is 3.69. The maximum Gasteiger partial charge on any atom is 0.0548 e. The number of allylic oxidation sites excluding steroid dienone is 2. The Morgan fingerprint density at radius 2 is 2.17 bits per heavy atom. The van der Waals surface area contributed by atoms with Crippen LogP contribution >= 0.6 is 15.9 Å². The predicted octanol–water partition coefficient (Wildman–Crippen LogP) is 7.02. The van der Waals surface area contributed by atoms with Crippen LogP contribution in [0.4, 0.5) is 0 Å². The topological polar surface area (TPSA) is 12.0 Å². The average molecular weight is 388 g/mol. The molecule has 0 bridgehead atoms. The second-order valence-electron chi connectivity index (χ2n) is 7.69. The molecule has 1 N–H and O–H groups in total. The van der Waals surface area contributed by atoms with Gasteiger partial charge in [0, 0.05) is 10.2 Å². The Bertz CT molecular complexity index is 625. The van der Waals surface area contributed by atoms with E-state index in [2.05, 4.69) is 65.9 Å². The highest BCUT2D eigenvalue weighted by Gasteiger charge is 2.27. The molecule has 3 unspecified atom stereocenters. The van der Waals surface area contributed by atoms with Crippen LogP contribution in [0, 0.1) is 5.92 Å². The van der Waals surface area contributed by atoms with E-state index in [1.54, 1.807) is 11.1 Å². The first-order valence-corrected chi connectivity index (χ1v) is 10.2. The molecule has 2 aliphatic rings. The minimum atomic E-state index is 0.332. The van der Waals surface area contributed by atoms with E-state index >= 15 is 0 Å². The molecule has 2 heteroatoms. The predicted molar refractivity (Wildman–Crippen MR) is 107 cm³/mol. The maximum absolute atomic E-state index is 4.01. The zero-order valence-electron chi connectivity index (χ0n) is 15.1. The highest BCUT2D eigenvalue weighted by atomic mass is 79.9. The van der Waals surface area contributed by atoms with Gasteiger partial charge in [-0.2, -0.15) is 0 Å². The van der Waals surface area contributed by atoms with Crippen LogP contribution in [0.15, 0.2) is 46.6 Å². The fourth-order valence-electron chi connectivity index (χ4n) is 4.23. The van der Waals surface area contributed by atoms with Crippen molar-refractivity contribution in [2.75, 3.05) is 0 Å². The van der Waals surface area contributed by atoms with Crippen LogP contribution in [0.2, 0.25) is 0 Å². The van der Waals surface area contributed by atoms with Crippen molar-refractivity contribution in [2.45, 2.75) is 70.8 Å². The van der Waals surface area contributed by atoms with Gasteiger partial charge >= 0.3 is 0 Å². The lowest BCUT2D eigenvalue weighted by Crippen LogP contribution is -2.23. The minimum absolute atomic E-state index is 0.332. The van der Waals surface area contributed by atoms with E-state index in [4.69, 9.17) is 0 Å². The Hall–Kier alpha value is -1.02. The molecule has 0 amide bonds. The van der Waals surface area contributed by atoms with Crippen molar-refractivity contribution >= 4 is 15.9 Å². The monoisotopic (exact) mass is 387 g/mol. The molecule has 0 radical (unpaired) electrons. The molecule has 0 saturated heterocycles. The number of rotatable bonds is 6. The fraction of sp³-hybridized carbons (Fsp3) is 0.545. The van der Waals surface area contributed by atoms with Gasteiger partial charge in [0.25, 0.3) is 0 Å². The third kappa shape index (κ3) is 3.96. The van der Waals surface area contributed by atoms with Crippen molar-refractivity contribution in [3.63, 3.8) is 0 Å². The number of hydrogen-bond acceptors (Lipinski definition) is 1. The van der Waals surface area contributed by atoms with Gasteiger partial charge in [-0.3, -0.25) is 0 Å². The molecule has 0 heterocycles. The summed E-state index contributed by atoms with van der Waals surface area (Å²) in [5.74, 6) is 1.57. The van der Waals surface area contributed by atoms with Gasteiger partial charge < -0.3 is 5.32 Å². The van der Waals surface area contributed by atoms with E-state index in [1.807, 2.05) is 0 Å². The Kier molecular flexibility index (Phi) is 5.86. The molecule has 1 nitrogen and oxygen atoms in total.